The SMILES string of the molecule is NCc1cc(S(=O)(=O)O)cc2c1C=CC(N)(S(=O)(=O)O)C2. The molecule has 0 saturated heterocycles. The molecule has 0 fully saturated rings. The average Bonchev–Trinajstić information content (AvgIpc) is 2.34. The zero-order valence-electron chi connectivity index (χ0n) is 10.7. The highest BCUT2D eigenvalue weighted by atomic mass is 32.2. The summed E-state index contributed by atoms with van der Waals surface area (Å²) in [5, 5.41) is 0. The molecule has 1 atom stereocenters. The second kappa shape index (κ2) is 4.87. The van der Waals surface area contributed by atoms with E-state index in [2.05, 4.69) is 0 Å². The first kappa shape index (κ1) is 16.1. The van der Waals surface area contributed by atoms with Crippen LogP contribution in [0.2, 0.25) is 0 Å². The molecule has 0 amide bonds. The normalized spacial score (nSPS) is 22.1. The lowest BCUT2D eigenvalue weighted by Crippen LogP contribution is -2.48. The van der Waals surface area contributed by atoms with Crippen LogP contribution in [0.1, 0.15) is 16.7 Å². The van der Waals surface area contributed by atoms with Crippen molar-refractivity contribution in [3.63, 3.8) is 0 Å². The van der Waals surface area contributed by atoms with Gasteiger partial charge in [0.1, 0.15) is 0 Å². The molecule has 6 N–H and O–H groups in total. The first-order chi connectivity index (χ1) is 9.48. The summed E-state index contributed by atoms with van der Waals surface area (Å²) < 4.78 is 63.5. The van der Waals surface area contributed by atoms with Crippen LogP contribution >= 0.6 is 0 Å². The third-order valence-corrected chi connectivity index (χ3v) is 5.39. The summed E-state index contributed by atoms with van der Waals surface area (Å²) in [6.45, 7) is -0.0144. The van der Waals surface area contributed by atoms with Crippen LogP contribution in [0, 0.1) is 0 Å². The van der Waals surface area contributed by atoms with Crippen molar-refractivity contribution >= 4 is 26.3 Å². The maximum absolute atomic E-state index is 11.3. The molecule has 1 aromatic carbocycles. The Morgan fingerprint density at radius 1 is 1.19 bits per heavy atom. The van der Waals surface area contributed by atoms with Gasteiger partial charge in [0.25, 0.3) is 20.2 Å². The van der Waals surface area contributed by atoms with E-state index in [0.717, 1.165) is 12.1 Å². The zero-order chi connectivity index (χ0) is 16.1. The third-order valence-electron chi connectivity index (χ3n) is 3.32. The van der Waals surface area contributed by atoms with Crippen molar-refractivity contribution in [1.29, 1.82) is 0 Å². The topological polar surface area (TPSA) is 161 Å². The number of hydrogen-bond donors (Lipinski definition) is 4. The van der Waals surface area contributed by atoms with Crippen LogP contribution in [0.25, 0.3) is 6.08 Å². The molecule has 0 spiro atoms. The van der Waals surface area contributed by atoms with Gasteiger partial charge in [-0.05, 0) is 34.9 Å². The van der Waals surface area contributed by atoms with Gasteiger partial charge in [-0.1, -0.05) is 6.08 Å². The molecule has 116 valence electrons. The lowest BCUT2D eigenvalue weighted by molar-refractivity contribution is 0.446. The van der Waals surface area contributed by atoms with Crippen molar-refractivity contribution in [3.8, 4) is 0 Å². The molecule has 2 rings (SSSR count). The summed E-state index contributed by atoms with van der Waals surface area (Å²) in [5.41, 5.74) is 12.4. The van der Waals surface area contributed by atoms with Crippen molar-refractivity contribution in [2.45, 2.75) is 22.7 Å². The van der Waals surface area contributed by atoms with E-state index in [1.165, 1.54) is 12.1 Å². The maximum Gasteiger partial charge on any atom is 0.294 e. The molecule has 0 aliphatic heterocycles. The third kappa shape index (κ3) is 2.86. The molecular weight excluding hydrogens is 320 g/mol. The highest BCUT2D eigenvalue weighted by Crippen LogP contribution is 2.31. The number of hydrogen-bond acceptors (Lipinski definition) is 6. The van der Waals surface area contributed by atoms with Crippen LogP contribution in [0.3, 0.4) is 0 Å². The van der Waals surface area contributed by atoms with E-state index in [-0.39, 0.29) is 18.5 Å². The highest BCUT2D eigenvalue weighted by molar-refractivity contribution is 7.87. The maximum atomic E-state index is 11.3. The first-order valence-corrected chi connectivity index (χ1v) is 8.64. The molecule has 1 aromatic rings. The largest absolute Gasteiger partial charge is 0.326 e. The van der Waals surface area contributed by atoms with Gasteiger partial charge >= 0.3 is 0 Å². The van der Waals surface area contributed by atoms with Gasteiger partial charge < -0.3 is 11.5 Å². The van der Waals surface area contributed by atoms with Crippen molar-refractivity contribution in [3.05, 3.63) is 34.9 Å². The molecule has 8 nitrogen and oxygen atoms in total. The number of fused-ring (bicyclic) bond motifs is 1. The Bertz CT molecular complexity index is 829. The molecule has 1 aliphatic carbocycles. The second-order valence-corrected chi connectivity index (χ2v) is 7.91. The van der Waals surface area contributed by atoms with Gasteiger partial charge in [0.15, 0.2) is 4.87 Å². The van der Waals surface area contributed by atoms with Gasteiger partial charge in [0, 0.05) is 13.0 Å². The fraction of sp³-hybridized carbons (Fsp3) is 0.273. The van der Waals surface area contributed by atoms with E-state index in [9.17, 15) is 21.4 Å². The Balaban J connectivity index is 2.69. The summed E-state index contributed by atoms with van der Waals surface area (Å²) in [6, 6.07) is 2.32. The fourth-order valence-corrected chi connectivity index (χ4v) is 3.34. The van der Waals surface area contributed by atoms with Crippen LogP contribution in [-0.4, -0.2) is 30.8 Å². The van der Waals surface area contributed by atoms with Crippen molar-refractivity contribution < 1.29 is 25.9 Å². The minimum absolute atomic E-state index is 0.0144. The molecule has 0 bridgehead atoms. The van der Waals surface area contributed by atoms with E-state index < -0.39 is 30.0 Å². The molecule has 1 unspecified atom stereocenters. The number of benzene rings is 1. The van der Waals surface area contributed by atoms with Gasteiger partial charge in [-0.2, -0.15) is 16.8 Å². The molecule has 21 heavy (non-hydrogen) atoms. The van der Waals surface area contributed by atoms with E-state index in [0.29, 0.717) is 11.1 Å². The van der Waals surface area contributed by atoms with Gasteiger partial charge in [0.05, 0.1) is 4.90 Å². The number of rotatable bonds is 3. The molecule has 1 aliphatic rings. The summed E-state index contributed by atoms with van der Waals surface area (Å²) in [6.07, 6.45) is 2.15. The van der Waals surface area contributed by atoms with E-state index >= 15 is 0 Å². The summed E-state index contributed by atoms with van der Waals surface area (Å²) in [7, 11) is -9.06. The molecular formula is C11H14N2O6S2. The summed E-state index contributed by atoms with van der Waals surface area (Å²) in [5.74, 6) is 0. The second-order valence-electron chi connectivity index (χ2n) is 4.77. The van der Waals surface area contributed by atoms with Gasteiger partial charge in [-0.25, -0.2) is 0 Å². The first-order valence-electron chi connectivity index (χ1n) is 5.76. The van der Waals surface area contributed by atoms with Gasteiger partial charge in [-0.15, -0.1) is 0 Å². The average molecular weight is 334 g/mol. The van der Waals surface area contributed by atoms with Crippen molar-refractivity contribution in [1.82, 2.24) is 0 Å². The van der Waals surface area contributed by atoms with Crippen molar-refractivity contribution in [2.75, 3.05) is 0 Å². The standard InChI is InChI=1S/C11H14N2O6S2/c12-6-8-4-9(20(14,15)16)3-7-5-11(13,21(17,18)19)2-1-10(7)8/h1-4H,5-6,12-13H2,(H,14,15,16)(H,17,18,19). The molecule has 0 heterocycles. The minimum Gasteiger partial charge on any atom is -0.326 e. The Morgan fingerprint density at radius 3 is 2.29 bits per heavy atom. The van der Waals surface area contributed by atoms with E-state index in [4.69, 9.17) is 16.0 Å². The molecule has 0 saturated carbocycles. The van der Waals surface area contributed by atoms with Crippen LogP contribution in [0.4, 0.5) is 0 Å². The van der Waals surface area contributed by atoms with Crippen LogP contribution in [0.15, 0.2) is 23.1 Å². The Labute approximate surface area is 121 Å². The predicted molar refractivity (Wildman–Crippen MR) is 75.4 cm³/mol. The smallest absolute Gasteiger partial charge is 0.294 e. The Morgan fingerprint density at radius 2 is 1.81 bits per heavy atom. The number of nitrogens with two attached hydrogens (primary N) is 2. The van der Waals surface area contributed by atoms with Crippen LogP contribution < -0.4 is 11.5 Å². The van der Waals surface area contributed by atoms with Crippen LogP contribution in [0.5, 0.6) is 0 Å². The molecule has 0 aromatic heterocycles. The fourth-order valence-electron chi connectivity index (χ4n) is 2.18. The van der Waals surface area contributed by atoms with Crippen molar-refractivity contribution in [2.24, 2.45) is 11.5 Å². The Hall–Kier alpha value is -1.30. The molecule has 0 radical (unpaired) electrons. The predicted octanol–water partition coefficient (Wildman–Crippen LogP) is -0.496. The zero-order valence-corrected chi connectivity index (χ0v) is 12.4. The molecule has 10 heteroatoms. The lowest BCUT2D eigenvalue weighted by atomic mass is 9.90. The quantitative estimate of drug-likeness (QED) is 0.538. The minimum atomic E-state index is -4.59. The van der Waals surface area contributed by atoms with Crippen LogP contribution in [-0.2, 0) is 33.2 Å². The van der Waals surface area contributed by atoms with Gasteiger partial charge in [0.2, 0.25) is 0 Å². The summed E-state index contributed by atoms with van der Waals surface area (Å²) >= 11 is 0. The van der Waals surface area contributed by atoms with E-state index in [1.807, 2.05) is 0 Å². The summed E-state index contributed by atoms with van der Waals surface area (Å²) in [4.78, 5) is -2.46. The Kier molecular flexibility index (Phi) is 3.72. The lowest BCUT2D eigenvalue weighted by Gasteiger charge is -2.28. The highest BCUT2D eigenvalue weighted by Gasteiger charge is 2.39. The van der Waals surface area contributed by atoms with Gasteiger partial charge in [-0.3, -0.25) is 9.11 Å². The monoisotopic (exact) mass is 334 g/mol. The van der Waals surface area contributed by atoms with E-state index in [1.54, 1.807) is 0 Å².